The molecule has 3 aromatic rings. The summed E-state index contributed by atoms with van der Waals surface area (Å²) in [5, 5.41) is 12.9. The van der Waals surface area contributed by atoms with Crippen LogP contribution in [0.3, 0.4) is 0 Å². The maximum absolute atomic E-state index is 14.4. The molecule has 0 saturated heterocycles. The van der Waals surface area contributed by atoms with Gasteiger partial charge in [-0.2, -0.15) is 0 Å². The van der Waals surface area contributed by atoms with Gasteiger partial charge in [-0.05, 0) is 128 Å². The molecule has 4 atom stereocenters. The lowest BCUT2D eigenvalue weighted by molar-refractivity contribution is -0.139. The second-order valence-corrected chi connectivity index (χ2v) is 16.8. The summed E-state index contributed by atoms with van der Waals surface area (Å²) < 4.78 is 5.29. The van der Waals surface area contributed by atoms with E-state index in [1.165, 1.54) is 7.11 Å². The number of Topliss-reactive ketones (excluding diaryl/α,β-unsaturated/α-hetero) is 1. The molecule has 3 aromatic heterocycles. The Balaban J connectivity index is 1.73. The Morgan fingerprint density at radius 2 is 1.29 bits per heavy atom. The molecule has 2 aliphatic heterocycles. The van der Waals surface area contributed by atoms with Gasteiger partial charge in [0.05, 0.1) is 35.8 Å². The summed E-state index contributed by atoms with van der Waals surface area (Å²) in [6.45, 7) is 17.2. The predicted octanol–water partition coefficient (Wildman–Crippen LogP) is 5.32. The number of nitrogens with two attached hydrogens (primary N) is 2. The molecule has 5 rings (SSSR count). The lowest BCUT2D eigenvalue weighted by atomic mass is 9.85. The van der Waals surface area contributed by atoms with Crippen LogP contribution >= 0.6 is 0 Å². The molecule has 2 aliphatic rings. The number of methoxy groups -OCH3 is 1. The molecule has 0 fully saturated rings. The number of aromatic nitrogens is 4. The van der Waals surface area contributed by atoms with Crippen molar-refractivity contribution in [2.45, 2.75) is 117 Å². The highest BCUT2D eigenvalue weighted by molar-refractivity contribution is 6.06. The highest BCUT2D eigenvalue weighted by atomic mass is 16.5. The summed E-state index contributed by atoms with van der Waals surface area (Å²) in [7, 11) is 1.35. The van der Waals surface area contributed by atoms with Gasteiger partial charge >= 0.3 is 5.97 Å². The maximum Gasteiger partial charge on any atom is 0.310 e. The van der Waals surface area contributed by atoms with Crippen molar-refractivity contribution in [1.82, 2.24) is 41.2 Å². The molecular weight excluding hydrogens is 785 g/mol. The Morgan fingerprint density at radius 1 is 0.726 bits per heavy atom. The molecule has 0 aliphatic carbocycles. The topological polar surface area (TPSA) is 235 Å². The number of rotatable bonds is 22. The number of hydrogen-bond donors (Lipinski definition) is 8. The molecule has 338 valence electrons. The van der Waals surface area contributed by atoms with Gasteiger partial charge in [0.2, 0.25) is 5.91 Å². The molecule has 10 N–H and O–H groups in total. The number of H-pyrrole nitrogens is 2. The highest BCUT2D eigenvalue weighted by Crippen LogP contribution is 2.43. The first-order valence-electron chi connectivity index (χ1n) is 22.6. The van der Waals surface area contributed by atoms with Crippen LogP contribution in [0.5, 0.6) is 0 Å². The van der Waals surface area contributed by atoms with Gasteiger partial charge in [0, 0.05) is 82.4 Å². The van der Waals surface area contributed by atoms with E-state index in [9.17, 15) is 19.2 Å². The zero-order chi connectivity index (χ0) is 44.9. The zero-order valence-corrected chi connectivity index (χ0v) is 37.9. The van der Waals surface area contributed by atoms with Crippen LogP contribution in [0.25, 0.3) is 22.1 Å². The van der Waals surface area contributed by atoms with Crippen LogP contribution in [0.4, 0.5) is 0 Å². The summed E-state index contributed by atoms with van der Waals surface area (Å²) >= 11 is 0. The smallest absolute Gasteiger partial charge is 0.310 e. The summed E-state index contributed by atoms with van der Waals surface area (Å²) in [6, 6.07) is 5.99. The van der Waals surface area contributed by atoms with Crippen molar-refractivity contribution in [2.24, 2.45) is 11.5 Å². The molecule has 0 unspecified atom stereocenters. The van der Waals surface area contributed by atoms with Gasteiger partial charge in [0.25, 0.3) is 5.91 Å². The molecule has 15 heteroatoms. The van der Waals surface area contributed by atoms with E-state index < -0.39 is 5.97 Å². The van der Waals surface area contributed by atoms with E-state index in [2.05, 4.69) is 52.0 Å². The molecule has 0 spiro atoms. The zero-order valence-electron chi connectivity index (χ0n) is 37.9. The van der Waals surface area contributed by atoms with Gasteiger partial charge in [-0.25, -0.2) is 0 Å². The van der Waals surface area contributed by atoms with Gasteiger partial charge in [0.15, 0.2) is 5.78 Å². The highest BCUT2D eigenvalue weighted by Gasteiger charge is 2.34. The van der Waals surface area contributed by atoms with Crippen LogP contribution in [0.2, 0.25) is 0 Å². The van der Waals surface area contributed by atoms with Crippen LogP contribution in [-0.2, 0) is 20.7 Å². The summed E-state index contributed by atoms with van der Waals surface area (Å²) in [6.07, 6.45) is 4.60. The maximum atomic E-state index is 14.4. The molecule has 62 heavy (non-hydrogen) atoms. The lowest BCUT2D eigenvalue weighted by Gasteiger charge is -2.18. The van der Waals surface area contributed by atoms with E-state index >= 15 is 0 Å². The average Bonchev–Trinajstić information content (AvgIpc) is 3.94. The molecule has 8 bridgehead atoms. The quantitative estimate of drug-likeness (QED) is 0.0366. The van der Waals surface area contributed by atoms with Crippen LogP contribution in [0, 0.1) is 13.8 Å². The Labute approximate surface area is 366 Å². The number of carbonyl (C=O) groups is 4. The number of aryl methyl sites for hydroxylation is 2. The van der Waals surface area contributed by atoms with Gasteiger partial charge in [0.1, 0.15) is 0 Å². The fourth-order valence-corrected chi connectivity index (χ4v) is 8.87. The van der Waals surface area contributed by atoms with Gasteiger partial charge in [-0.3, -0.25) is 29.1 Å². The van der Waals surface area contributed by atoms with Gasteiger partial charge in [-0.15, -0.1) is 0 Å². The first-order valence-corrected chi connectivity index (χ1v) is 22.6. The van der Waals surface area contributed by atoms with Crippen LogP contribution < -0.4 is 32.7 Å². The third kappa shape index (κ3) is 11.5. The van der Waals surface area contributed by atoms with Crippen molar-refractivity contribution >= 4 is 45.6 Å². The number of aromatic amines is 2. The first kappa shape index (κ1) is 48.1. The van der Waals surface area contributed by atoms with E-state index in [-0.39, 0.29) is 54.1 Å². The Morgan fingerprint density at radius 3 is 1.92 bits per heavy atom. The van der Waals surface area contributed by atoms with Crippen LogP contribution in [0.15, 0.2) is 18.2 Å². The van der Waals surface area contributed by atoms with E-state index in [0.717, 1.165) is 80.0 Å². The summed E-state index contributed by atoms with van der Waals surface area (Å²) in [4.78, 5) is 72.1. The molecule has 2 amide bonds. The number of fused-ring (bicyclic) bond motifs is 8. The minimum Gasteiger partial charge on any atom is -0.469 e. The second kappa shape index (κ2) is 22.9. The Hall–Kier alpha value is -4.96. The van der Waals surface area contributed by atoms with E-state index in [1.807, 2.05) is 32.0 Å². The molecule has 0 radical (unpaired) electrons. The normalized spacial score (nSPS) is 17.2. The van der Waals surface area contributed by atoms with Crippen molar-refractivity contribution in [3.8, 4) is 0 Å². The number of amides is 2. The number of esters is 1. The minimum absolute atomic E-state index is 0.0575. The average molecular weight is 855 g/mol. The Kier molecular flexibility index (Phi) is 17.8. The van der Waals surface area contributed by atoms with Gasteiger partial charge < -0.3 is 47.4 Å². The number of ether oxygens (including phenoxy) is 1. The largest absolute Gasteiger partial charge is 0.469 e. The second-order valence-electron chi connectivity index (χ2n) is 16.8. The first-order chi connectivity index (χ1) is 29.8. The minimum atomic E-state index is -0.489. The summed E-state index contributed by atoms with van der Waals surface area (Å²) in [5.41, 5.74) is 20.0. The number of ketones is 1. The predicted molar refractivity (Wildman–Crippen MR) is 246 cm³/mol. The molecule has 0 saturated carbocycles. The number of carbonyl (C=O) groups excluding carboxylic acids is 4. The number of hydrogen-bond acceptors (Lipinski definition) is 11. The number of nitrogens with zero attached hydrogens (tertiary/aromatic N) is 2. The standard InChI is InChI=1S/C47H70N10O5/c1-8-32-27(2)35-26-40-43(31(6)58)29(4)37(55-40)24-36-28(3)33(13-14-41(59)52-21-11-19-50-17-9-15-48)45(56-36)34(23-42(60)62-7)46-44(30(5)38(57-46)25-39(32)54-35)47(61)53-22-12-20-51-18-10-16-49/h24-28,32-33,50-51,55,57H,8-23,48-49H2,1-7H3,(H,52,59)(H,53,61)/t27-,28+,32-,33+/m1/s1. The van der Waals surface area contributed by atoms with E-state index in [4.69, 9.17) is 26.2 Å². The number of nitrogens with one attached hydrogen (secondary N) is 6. The van der Waals surface area contributed by atoms with Crippen molar-refractivity contribution in [2.75, 3.05) is 59.5 Å². The fraction of sp³-hybridized carbons (Fsp3) is 0.574. The van der Waals surface area contributed by atoms with E-state index in [0.29, 0.717) is 83.5 Å². The van der Waals surface area contributed by atoms with Crippen molar-refractivity contribution in [3.63, 3.8) is 0 Å². The summed E-state index contributed by atoms with van der Waals surface area (Å²) in [5.74, 6) is -1.26. The van der Waals surface area contributed by atoms with Crippen molar-refractivity contribution < 1.29 is 23.9 Å². The molecule has 15 nitrogen and oxygen atoms in total. The lowest BCUT2D eigenvalue weighted by Crippen LogP contribution is -2.28. The Bertz CT molecular complexity index is 2230. The molecule has 0 aromatic carbocycles. The third-order valence-electron chi connectivity index (χ3n) is 12.5. The van der Waals surface area contributed by atoms with Gasteiger partial charge in [-0.1, -0.05) is 20.8 Å². The van der Waals surface area contributed by atoms with Crippen LogP contribution in [0.1, 0.15) is 156 Å². The van der Waals surface area contributed by atoms with Crippen LogP contribution in [-0.4, -0.2) is 103 Å². The fourth-order valence-electron chi connectivity index (χ4n) is 8.87. The third-order valence-corrected chi connectivity index (χ3v) is 12.5. The van der Waals surface area contributed by atoms with E-state index in [1.54, 1.807) is 6.92 Å². The van der Waals surface area contributed by atoms with Crippen molar-refractivity contribution in [1.29, 1.82) is 0 Å². The molecular formula is C47H70N10O5. The molecule has 5 heterocycles. The van der Waals surface area contributed by atoms with Crippen molar-refractivity contribution in [3.05, 3.63) is 68.8 Å². The SMILES string of the molecule is CC[C@H]1c2cc3[nH]c(c(CC(=O)OC)c4nc(cc5[nH]c(cc(n2)[C@@H]1C)c(C(C)=O)c5C)[C@@H](C)[C@@H]4CCC(=O)NCCCNCCCN)c(C(=O)NCCCNCCCN)c3C. The monoisotopic (exact) mass is 855 g/mol.